The minimum Gasteiger partial charge on any atom is -0.394 e. The van der Waals surface area contributed by atoms with Crippen LogP contribution in [0.4, 0.5) is 0 Å². The van der Waals surface area contributed by atoms with E-state index in [0.29, 0.717) is 6.42 Å². The minimum atomic E-state index is -1.17. The number of rotatable bonds is 21. The highest BCUT2D eigenvalue weighted by Gasteiger charge is 2.30. The van der Waals surface area contributed by atoms with Crippen LogP contribution < -0.4 is 5.73 Å². The number of unbranched alkanes of at least 4 members (excludes halogenated alkanes) is 17. The Labute approximate surface area is 174 Å². The van der Waals surface area contributed by atoms with Crippen LogP contribution in [0.25, 0.3) is 0 Å². The zero-order valence-corrected chi connectivity index (χ0v) is 18.8. The third-order valence-electron chi connectivity index (χ3n) is 5.76. The number of hydrogen-bond acceptors (Lipinski definition) is 3. The topological polar surface area (TPSA) is 66.5 Å². The first-order valence-corrected chi connectivity index (χ1v) is 12.2. The number of aliphatic hydroxyl groups excluding tert-OH is 2. The molecule has 0 heterocycles. The third-order valence-corrected chi connectivity index (χ3v) is 6.20. The van der Waals surface area contributed by atoms with E-state index >= 15 is 0 Å². The van der Waals surface area contributed by atoms with E-state index in [-0.39, 0.29) is 6.61 Å². The lowest BCUT2D eigenvalue weighted by Gasteiger charge is -2.28. The quantitative estimate of drug-likeness (QED) is 0.147. The van der Waals surface area contributed by atoms with Crippen molar-refractivity contribution in [1.82, 2.24) is 0 Å². The van der Waals surface area contributed by atoms with Gasteiger partial charge in [0.05, 0.1) is 12.1 Å². The van der Waals surface area contributed by atoms with Crippen molar-refractivity contribution in [2.24, 2.45) is 5.73 Å². The fraction of sp³-hybridized carbons (Fsp3) is 1.00. The number of halogens is 1. The van der Waals surface area contributed by atoms with Gasteiger partial charge in [-0.2, -0.15) is 0 Å². The van der Waals surface area contributed by atoms with Gasteiger partial charge in [0.1, 0.15) is 5.56 Å². The van der Waals surface area contributed by atoms with E-state index < -0.39 is 11.1 Å². The number of hydrogen-bond donors (Lipinski definition) is 3. The molecule has 3 nitrogen and oxygen atoms in total. The Bertz CT molecular complexity index is 302. The molecule has 0 aromatic carbocycles. The Hall–Kier alpha value is 0.170. The van der Waals surface area contributed by atoms with Crippen LogP contribution in [-0.4, -0.2) is 27.9 Å². The highest BCUT2D eigenvalue weighted by Crippen LogP contribution is 2.20. The summed E-state index contributed by atoms with van der Waals surface area (Å²) in [6.07, 6.45) is 24.8. The maximum absolute atomic E-state index is 9.40. The SMILES string of the molecule is CCCCCCCCCCCCCCCCCCCCC(N)(CO)C(O)Cl. The summed E-state index contributed by atoms with van der Waals surface area (Å²) < 4.78 is 0. The second-order valence-corrected chi connectivity index (χ2v) is 8.90. The standard InChI is InChI=1S/C23H48ClNO2/c1-2-3-4-5-6-7-8-9-10-11-12-13-14-15-16-17-18-19-20-23(25,21-26)22(24)27/h22,26-27H,2-21,25H2,1H3. The highest BCUT2D eigenvalue weighted by molar-refractivity contribution is 6.20. The molecule has 0 aliphatic heterocycles. The van der Waals surface area contributed by atoms with E-state index in [4.69, 9.17) is 17.3 Å². The number of nitrogens with two attached hydrogens (primary N) is 1. The first kappa shape index (κ1) is 27.2. The van der Waals surface area contributed by atoms with Crippen LogP contribution in [0.2, 0.25) is 0 Å². The molecular formula is C23H48ClNO2. The van der Waals surface area contributed by atoms with Crippen molar-refractivity contribution < 1.29 is 10.2 Å². The van der Waals surface area contributed by atoms with Crippen LogP contribution in [-0.2, 0) is 0 Å². The van der Waals surface area contributed by atoms with Crippen LogP contribution >= 0.6 is 11.6 Å². The Morgan fingerprint density at radius 3 is 1.22 bits per heavy atom. The molecule has 0 spiro atoms. The van der Waals surface area contributed by atoms with Gasteiger partial charge in [0.2, 0.25) is 0 Å². The van der Waals surface area contributed by atoms with E-state index in [1.165, 1.54) is 103 Å². The molecule has 0 fully saturated rings. The average Bonchev–Trinajstić information content (AvgIpc) is 2.66. The Kier molecular flexibility index (Phi) is 19.6. The summed E-state index contributed by atoms with van der Waals surface area (Å²) in [7, 11) is 0. The van der Waals surface area contributed by atoms with E-state index in [1.54, 1.807) is 0 Å². The van der Waals surface area contributed by atoms with Gasteiger partial charge in [0, 0.05) is 0 Å². The van der Waals surface area contributed by atoms with Crippen molar-refractivity contribution in [2.75, 3.05) is 6.61 Å². The third kappa shape index (κ3) is 16.8. The first-order valence-electron chi connectivity index (χ1n) is 11.8. The van der Waals surface area contributed by atoms with Crippen LogP contribution in [0.3, 0.4) is 0 Å². The molecule has 2 atom stereocenters. The Balaban J connectivity index is 3.19. The lowest BCUT2D eigenvalue weighted by Crippen LogP contribution is -2.51. The van der Waals surface area contributed by atoms with Crippen LogP contribution in [0.1, 0.15) is 129 Å². The van der Waals surface area contributed by atoms with Crippen molar-refractivity contribution in [2.45, 2.75) is 140 Å². The summed E-state index contributed by atoms with van der Waals surface area (Å²) in [5.41, 5.74) is 3.66. The maximum Gasteiger partial charge on any atom is 0.148 e. The smallest absolute Gasteiger partial charge is 0.148 e. The minimum absolute atomic E-state index is 0.267. The summed E-state index contributed by atoms with van der Waals surface area (Å²) in [6.45, 7) is 2.01. The van der Waals surface area contributed by atoms with Gasteiger partial charge in [-0.05, 0) is 6.42 Å². The highest BCUT2D eigenvalue weighted by atomic mass is 35.5. The number of alkyl halides is 1. The molecule has 0 saturated carbocycles. The molecular weight excluding hydrogens is 358 g/mol. The molecule has 164 valence electrons. The van der Waals surface area contributed by atoms with E-state index in [1.807, 2.05) is 0 Å². The summed E-state index contributed by atoms with van der Waals surface area (Å²) >= 11 is 5.64. The Morgan fingerprint density at radius 1 is 0.667 bits per heavy atom. The monoisotopic (exact) mass is 405 g/mol. The second kappa shape index (κ2) is 19.5. The fourth-order valence-corrected chi connectivity index (χ4v) is 3.81. The van der Waals surface area contributed by atoms with E-state index in [0.717, 1.165) is 12.8 Å². The van der Waals surface area contributed by atoms with Gasteiger partial charge >= 0.3 is 0 Å². The van der Waals surface area contributed by atoms with Gasteiger partial charge in [-0.15, -0.1) is 0 Å². The van der Waals surface area contributed by atoms with Gasteiger partial charge in [-0.3, -0.25) is 0 Å². The summed E-state index contributed by atoms with van der Waals surface area (Å²) in [4.78, 5) is 0. The largest absolute Gasteiger partial charge is 0.394 e. The maximum atomic E-state index is 9.40. The average molecular weight is 406 g/mol. The van der Waals surface area contributed by atoms with Gasteiger partial charge in [0.25, 0.3) is 0 Å². The summed E-state index contributed by atoms with van der Waals surface area (Å²) in [5.74, 6) is 0. The molecule has 0 aliphatic carbocycles. The zero-order chi connectivity index (χ0) is 20.2. The van der Waals surface area contributed by atoms with E-state index in [2.05, 4.69) is 6.92 Å². The van der Waals surface area contributed by atoms with E-state index in [9.17, 15) is 10.2 Å². The Morgan fingerprint density at radius 2 is 0.963 bits per heavy atom. The first-order chi connectivity index (χ1) is 13.1. The van der Waals surface area contributed by atoms with Crippen molar-refractivity contribution in [3.63, 3.8) is 0 Å². The van der Waals surface area contributed by atoms with Gasteiger partial charge in [-0.1, -0.05) is 134 Å². The molecule has 0 radical (unpaired) electrons. The normalized spacial score (nSPS) is 15.0. The molecule has 4 N–H and O–H groups in total. The fourth-order valence-electron chi connectivity index (χ4n) is 3.63. The lowest BCUT2D eigenvalue weighted by molar-refractivity contribution is 0.0864. The number of aliphatic hydroxyl groups is 2. The molecule has 0 amide bonds. The molecule has 0 bridgehead atoms. The second-order valence-electron chi connectivity index (χ2n) is 8.49. The van der Waals surface area contributed by atoms with Crippen molar-refractivity contribution in [3.8, 4) is 0 Å². The van der Waals surface area contributed by atoms with Crippen LogP contribution in [0.5, 0.6) is 0 Å². The predicted octanol–water partition coefficient (Wildman–Crippen LogP) is 6.67. The molecule has 0 aromatic heterocycles. The van der Waals surface area contributed by atoms with Gasteiger partial charge in [0.15, 0.2) is 0 Å². The van der Waals surface area contributed by atoms with Crippen molar-refractivity contribution in [1.29, 1.82) is 0 Å². The molecule has 0 saturated heterocycles. The molecule has 4 heteroatoms. The molecule has 0 aromatic rings. The molecule has 2 unspecified atom stereocenters. The summed E-state index contributed by atoms with van der Waals surface area (Å²) in [5, 5.41) is 18.6. The summed E-state index contributed by atoms with van der Waals surface area (Å²) in [6, 6.07) is 0. The van der Waals surface area contributed by atoms with Gasteiger partial charge < -0.3 is 15.9 Å². The van der Waals surface area contributed by atoms with Crippen LogP contribution in [0.15, 0.2) is 0 Å². The molecule has 0 aliphatic rings. The van der Waals surface area contributed by atoms with Gasteiger partial charge in [-0.25, -0.2) is 0 Å². The molecule has 0 rings (SSSR count). The molecule has 27 heavy (non-hydrogen) atoms. The lowest BCUT2D eigenvalue weighted by atomic mass is 9.94. The predicted molar refractivity (Wildman–Crippen MR) is 119 cm³/mol. The van der Waals surface area contributed by atoms with Crippen molar-refractivity contribution >= 4 is 11.6 Å². The van der Waals surface area contributed by atoms with Crippen molar-refractivity contribution in [3.05, 3.63) is 0 Å². The zero-order valence-electron chi connectivity index (χ0n) is 18.1. The van der Waals surface area contributed by atoms with Crippen LogP contribution in [0, 0.1) is 0 Å².